The van der Waals surface area contributed by atoms with Crippen LogP contribution in [0.25, 0.3) is 0 Å². The molecule has 34 heavy (non-hydrogen) atoms. The fraction of sp³-hybridized carbons (Fsp3) is 0.609. The van der Waals surface area contributed by atoms with E-state index < -0.39 is 27.0 Å². The Hall–Kier alpha value is -2.27. The molecule has 2 aliphatic rings. The predicted octanol–water partition coefficient (Wildman–Crippen LogP) is 3.63. The second kappa shape index (κ2) is 9.77. The van der Waals surface area contributed by atoms with E-state index in [1.54, 1.807) is 13.8 Å². The highest BCUT2D eigenvalue weighted by molar-refractivity contribution is 7.92. The zero-order chi connectivity index (χ0) is 24.6. The van der Waals surface area contributed by atoms with Crippen LogP contribution in [0.2, 0.25) is 0 Å². The molecule has 0 N–H and O–H groups in total. The van der Waals surface area contributed by atoms with Gasteiger partial charge in [-0.25, -0.2) is 17.8 Å². The predicted molar refractivity (Wildman–Crippen MR) is 129 cm³/mol. The lowest BCUT2D eigenvalue weighted by atomic mass is 10.0. The number of sulfone groups is 1. The molecular formula is C23H31FN4O4S2. The summed E-state index contributed by atoms with van der Waals surface area (Å²) in [6, 6.07) is 3.71. The Balaban J connectivity index is 1.35. The molecule has 8 nitrogen and oxygen atoms in total. The molecule has 1 aromatic heterocycles. The van der Waals surface area contributed by atoms with E-state index in [-0.39, 0.29) is 22.6 Å². The number of hydrogen-bond donors (Lipinski definition) is 0. The summed E-state index contributed by atoms with van der Waals surface area (Å²) in [7, 11) is -3.59. The Morgan fingerprint density at radius 3 is 2.41 bits per heavy atom. The molecule has 1 amide bonds. The highest BCUT2D eigenvalue weighted by Gasteiger charge is 2.39. The summed E-state index contributed by atoms with van der Waals surface area (Å²) in [5, 5.41) is 0.272. The minimum atomic E-state index is -3.59. The zero-order valence-corrected chi connectivity index (χ0v) is 21.5. The summed E-state index contributed by atoms with van der Waals surface area (Å²) >= 11 is 1.42. The number of likely N-dealkylation sites (tertiary alicyclic amines) is 1. The van der Waals surface area contributed by atoms with E-state index in [1.165, 1.54) is 23.7 Å². The van der Waals surface area contributed by atoms with Crippen LogP contribution < -0.4 is 9.64 Å². The highest BCUT2D eigenvalue weighted by Crippen LogP contribution is 2.30. The molecule has 11 heteroatoms. The fourth-order valence-corrected chi connectivity index (χ4v) is 6.21. The molecule has 2 fully saturated rings. The molecular weight excluding hydrogens is 479 g/mol. The van der Waals surface area contributed by atoms with Crippen LogP contribution in [0, 0.1) is 5.82 Å². The number of amides is 1. The molecule has 1 atom stereocenters. The largest absolute Gasteiger partial charge is 0.477 e. The van der Waals surface area contributed by atoms with Crippen molar-refractivity contribution in [3.05, 3.63) is 29.8 Å². The van der Waals surface area contributed by atoms with E-state index in [0.717, 1.165) is 43.0 Å². The Labute approximate surface area is 204 Å². The van der Waals surface area contributed by atoms with Crippen molar-refractivity contribution in [2.75, 3.05) is 24.5 Å². The maximum Gasteiger partial charge on any atom is 0.263 e. The minimum absolute atomic E-state index is 0.0885. The number of ether oxygens (including phenoxy) is 1. The molecule has 1 aromatic carbocycles. The topological polar surface area (TPSA) is 92.7 Å². The maximum atomic E-state index is 14.6. The first-order valence-electron chi connectivity index (χ1n) is 11.7. The number of aromatic nitrogens is 2. The summed E-state index contributed by atoms with van der Waals surface area (Å²) in [4.78, 5) is 21.6. The van der Waals surface area contributed by atoms with Crippen LogP contribution in [0.4, 0.5) is 9.52 Å². The maximum absolute atomic E-state index is 14.6. The quantitative estimate of drug-likeness (QED) is 0.562. The fourth-order valence-electron chi connectivity index (χ4n) is 4.28. The van der Waals surface area contributed by atoms with Gasteiger partial charge in [-0.15, -0.1) is 0 Å². The Morgan fingerprint density at radius 2 is 1.82 bits per heavy atom. The molecule has 2 aromatic rings. The van der Waals surface area contributed by atoms with Crippen LogP contribution >= 0.6 is 11.5 Å². The first-order valence-corrected chi connectivity index (χ1v) is 14.0. The van der Waals surface area contributed by atoms with Gasteiger partial charge in [-0.2, -0.15) is 4.37 Å². The monoisotopic (exact) mass is 510 g/mol. The number of hydrogen-bond acceptors (Lipinski definition) is 8. The average molecular weight is 511 g/mol. The SMILES string of the molecule is CC(C)c1nsc(N2CCC(N3CCC(Oc4ccc(S(=O)(=O)C(C)C)cc4F)C3=O)CC2)n1. The standard InChI is InChI=1S/C23H31FN4O4S2/c1-14(2)21-25-23(33-26-21)27-10-7-16(8-11-27)28-12-9-20(22(28)29)32-19-6-5-17(13-18(19)24)34(30,31)15(3)4/h5-6,13-16,20H,7-12H2,1-4H3. The number of carbonyl (C=O) groups excluding carboxylic acids is 1. The van der Waals surface area contributed by atoms with Crippen LogP contribution in [-0.2, 0) is 14.6 Å². The van der Waals surface area contributed by atoms with Crippen molar-refractivity contribution >= 4 is 32.4 Å². The first kappa shape index (κ1) is 24.8. The van der Waals surface area contributed by atoms with Crippen molar-refractivity contribution < 1.29 is 22.3 Å². The normalized spacial score (nSPS) is 20.1. The molecule has 186 valence electrons. The second-order valence-corrected chi connectivity index (χ2v) is 12.7. The molecule has 0 aliphatic carbocycles. The highest BCUT2D eigenvalue weighted by atomic mass is 32.2. The van der Waals surface area contributed by atoms with Crippen LogP contribution in [0.3, 0.4) is 0 Å². The molecule has 0 saturated carbocycles. The van der Waals surface area contributed by atoms with Gasteiger partial charge in [-0.3, -0.25) is 4.79 Å². The van der Waals surface area contributed by atoms with Crippen molar-refractivity contribution in [1.29, 1.82) is 0 Å². The molecule has 0 spiro atoms. The minimum Gasteiger partial charge on any atom is -0.477 e. The summed E-state index contributed by atoms with van der Waals surface area (Å²) in [5.41, 5.74) is 0. The number of halogens is 1. The summed E-state index contributed by atoms with van der Waals surface area (Å²) < 4.78 is 49.3. The number of rotatable bonds is 7. The molecule has 2 saturated heterocycles. The van der Waals surface area contributed by atoms with Crippen molar-refractivity contribution in [3.8, 4) is 5.75 Å². The first-order chi connectivity index (χ1) is 16.1. The van der Waals surface area contributed by atoms with Crippen molar-refractivity contribution in [3.63, 3.8) is 0 Å². The molecule has 3 heterocycles. The van der Waals surface area contributed by atoms with Gasteiger partial charge in [0.25, 0.3) is 5.91 Å². The summed E-state index contributed by atoms with van der Waals surface area (Å²) in [6.45, 7) is 9.40. The van der Waals surface area contributed by atoms with Crippen LogP contribution in [0.1, 0.15) is 58.7 Å². The van der Waals surface area contributed by atoms with Crippen molar-refractivity contribution in [2.45, 2.75) is 75.2 Å². The average Bonchev–Trinajstić information content (AvgIpc) is 3.43. The Bertz CT molecular complexity index is 1140. The van der Waals surface area contributed by atoms with Crippen LogP contribution in [0.15, 0.2) is 23.1 Å². The lowest BCUT2D eigenvalue weighted by Gasteiger charge is -2.36. The Morgan fingerprint density at radius 1 is 1.12 bits per heavy atom. The van der Waals surface area contributed by atoms with E-state index in [0.29, 0.717) is 18.9 Å². The van der Waals surface area contributed by atoms with Gasteiger partial charge in [0.1, 0.15) is 5.82 Å². The number of piperidine rings is 1. The smallest absolute Gasteiger partial charge is 0.263 e. The molecule has 0 radical (unpaired) electrons. The number of carbonyl (C=O) groups is 1. The van der Waals surface area contributed by atoms with Crippen LogP contribution in [0.5, 0.6) is 5.75 Å². The lowest BCUT2D eigenvalue weighted by Crippen LogP contribution is -2.47. The second-order valence-electron chi connectivity index (χ2n) is 9.42. The van der Waals surface area contributed by atoms with Gasteiger partial charge in [0, 0.05) is 49.5 Å². The number of nitrogens with zero attached hydrogens (tertiary/aromatic N) is 4. The van der Waals surface area contributed by atoms with Gasteiger partial charge in [0.15, 0.2) is 27.5 Å². The zero-order valence-electron chi connectivity index (χ0n) is 19.9. The molecule has 4 rings (SSSR count). The molecule has 2 aliphatic heterocycles. The van der Waals surface area contributed by atoms with Gasteiger partial charge < -0.3 is 14.5 Å². The van der Waals surface area contributed by atoms with E-state index in [9.17, 15) is 17.6 Å². The van der Waals surface area contributed by atoms with Gasteiger partial charge in [0.2, 0.25) is 5.13 Å². The van der Waals surface area contributed by atoms with E-state index in [2.05, 4.69) is 28.1 Å². The summed E-state index contributed by atoms with van der Waals surface area (Å²) in [6.07, 6.45) is 1.35. The van der Waals surface area contributed by atoms with E-state index in [4.69, 9.17) is 4.74 Å². The third kappa shape index (κ3) is 4.91. The van der Waals surface area contributed by atoms with Crippen molar-refractivity contribution in [2.24, 2.45) is 0 Å². The third-order valence-electron chi connectivity index (χ3n) is 6.44. The van der Waals surface area contributed by atoms with Gasteiger partial charge in [-0.1, -0.05) is 13.8 Å². The molecule has 0 bridgehead atoms. The van der Waals surface area contributed by atoms with E-state index in [1.807, 2.05) is 4.90 Å². The van der Waals surface area contributed by atoms with E-state index >= 15 is 0 Å². The third-order valence-corrected chi connectivity index (χ3v) is 9.38. The summed E-state index contributed by atoms with van der Waals surface area (Å²) in [5.74, 6) is 0.130. The van der Waals surface area contributed by atoms with Gasteiger partial charge >= 0.3 is 0 Å². The Kier molecular flexibility index (Phi) is 7.14. The van der Waals surface area contributed by atoms with Crippen LogP contribution in [-0.4, -0.2) is 65.6 Å². The number of benzene rings is 1. The molecule has 1 unspecified atom stereocenters. The van der Waals surface area contributed by atoms with Crippen molar-refractivity contribution in [1.82, 2.24) is 14.3 Å². The van der Waals surface area contributed by atoms with Gasteiger partial charge in [0.05, 0.1) is 10.1 Å². The number of anilines is 1. The van der Waals surface area contributed by atoms with Gasteiger partial charge in [-0.05, 0) is 44.9 Å². The lowest BCUT2D eigenvalue weighted by molar-refractivity contribution is -0.135.